The fourth-order valence-electron chi connectivity index (χ4n) is 9.29. The summed E-state index contributed by atoms with van der Waals surface area (Å²) in [6.07, 6.45) is 16.5. The summed E-state index contributed by atoms with van der Waals surface area (Å²) in [6, 6.07) is 0. The molecule has 0 aromatic rings. The van der Waals surface area contributed by atoms with Crippen LogP contribution in [0.1, 0.15) is 109 Å². The first-order chi connectivity index (χ1) is 20.4. The molecular weight excluding hydrogens is 534 g/mol. The Morgan fingerprint density at radius 3 is 2.29 bits per heavy atom. The zero-order valence-corrected chi connectivity index (χ0v) is 25.7. The van der Waals surface area contributed by atoms with Crippen molar-refractivity contribution < 1.29 is 28.7 Å². The van der Waals surface area contributed by atoms with Gasteiger partial charge in [-0.25, -0.2) is 4.79 Å². The number of fused-ring (bicyclic) bond motifs is 5. The number of rotatable bonds is 11. The first kappa shape index (κ1) is 31.1. The van der Waals surface area contributed by atoms with E-state index in [0.29, 0.717) is 32.5 Å². The second kappa shape index (κ2) is 14.9. The Morgan fingerprint density at radius 1 is 0.714 bits per heavy atom. The average Bonchev–Trinajstić information content (AvgIpc) is 3.67. The van der Waals surface area contributed by atoms with Crippen LogP contribution in [-0.2, 0) is 23.9 Å². The van der Waals surface area contributed by atoms with Crippen LogP contribution in [0.5, 0.6) is 0 Å². The van der Waals surface area contributed by atoms with Gasteiger partial charge in [0.05, 0.1) is 13.0 Å². The number of unbranched alkanes of at least 4 members (excludes halogenated alkanes) is 2. The zero-order valence-electron chi connectivity index (χ0n) is 25.7. The summed E-state index contributed by atoms with van der Waals surface area (Å²) < 4.78 is 11.3. The van der Waals surface area contributed by atoms with Crippen molar-refractivity contribution in [3.8, 4) is 0 Å². The minimum Gasteiger partial charge on any atom is -0.460 e. The van der Waals surface area contributed by atoms with E-state index in [1.807, 2.05) is 0 Å². The number of hydrogen-bond donors (Lipinski definition) is 2. The molecule has 42 heavy (non-hydrogen) atoms. The fraction of sp³-hybridized carbons (Fsp3) is 0.879. The van der Waals surface area contributed by atoms with Gasteiger partial charge in [0.15, 0.2) is 0 Å². The van der Waals surface area contributed by atoms with Crippen molar-refractivity contribution in [1.29, 1.82) is 0 Å². The molecule has 4 saturated carbocycles. The van der Waals surface area contributed by atoms with Crippen LogP contribution in [0.3, 0.4) is 0 Å². The lowest BCUT2D eigenvalue weighted by atomic mass is 9.53. The van der Waals surface area contributed by atoms with Crippen molar-refractivity contribution in [2.45, 2.75) is 121 Å². The molecule has 5 fully saturated rings. The number of nitrogens with one attached hydrogen (secondary N) is 2. The third kappa shape index (κ3) is 7.98. The Balaban J connectivity index is 0.898. The zero-order chi connectivity index (χ0) is 29.5. The smallest absolute Gasteiger partial charge is 0.407 e. The molecule has 9 nitrogen and oxygen atoms in total. The van der Waals surface area contributed by atoms with Crippen LogP contribution >= 0.6 is 0 Å². The highest BCUT2D eigenvalue weighted by molar-refractivity contribution is 5.81. The maximum Gasteiger partial charge on any atom is 0.407 e. The van der Waals surface area contributed by atoms with E-state index in [4.69, 9.17) is 9.47 Å². The SMILES string of the molecule is CNC(=O)CCC(=O)OC1CCN(C(=O)CCCCCNC(=O)O[C@@H]2CCC3C(CCC4C5CCCC5CCC34)C2)C1. The highest BCUT2D eigenvalue weighted by Crippen LogP contribution is 2.58. The van der Waals surface area contributed by atoms with Gasteiger partial charge in [-0.3, -0.25) is 14.4 Å². The Morgan fingerprint density at radius 2 is 1.48 bits per heavy atom. The van der Waals surface area contributed by atoms with Crippen LogP contribution in [-0.4, -0.2) is 67.7 Å². The predicted molar refractivity (Wildman–Crippen MR) is 158 cm³/mol. The quantitative estimate of drug-likeness (QED) is 0.261. The summed E-state index contributed by atoms with van der Waals surface area (Å²) in [5, 5.41) is 5.41. The maximum absolute atomic E-state index is 12.6. The molecule has 8 atom stereocenters. The normalized spacial score (nSPS) is 33.6. The van der Waals surface area contributed by atoms with Crippen LogP contribution < -0.4 is 10.6 Å². The molecule has 5 rings (SSSR count). The highest BCUT2D eigenvalue weighted by Gasteiger charge is 2.49. The Labute approximate surface area is 251 Å². The minimum atomic E-state index is -0.398. The van der Waals surface area contributed by atoms with Crippen LogP contribution in [0.25, 0.3) is 0 Å². The molecule has 7 unspecified atom stereocenters. The molecule has 5 aliphatic rings. The molecule has 0 spiro atoms. The van der Waals surface area contributed by atoms with Crippen LogP contribution in [0.2, 0.25) is 0 Å². The number of carbonyl (C=O) groups excluding carboxylic acids is 4. The topological polar surface area (TPSA) is 114 Å². The molecule has 3 amide bonds. The van der Waals surface area contributed by atoms with Crippen LogP contribution in [0, 0.1) is 35.5 Å². The third-order valence-corrected chi connectivity index (χ3v) is 11.3. The van der Waals surface area contributed by atoms with E-state index in [-0.39, 0.29) is 43.0 Å². The number of ether oxygens (including phenoxy) is 2. The molecular formula is C33H53N3O6. The summed E-state index contributed by atoms with van der Waals surface area (Å²) in [4.78, 5) is 50.0. The molecule has 1 saturated heterocycles. The van der Waals surface area contributed by atoms with Crippen molar-refractivity contribution in [2.75, 3.05) is 26.7 Å². The lowest BCUT2D eigenvalue weighted by molar-refractivity contribution is -0.150. The number of carbonyl (C=O) groups is 4. The van der Waals surface area contributed by atoms with Gasteiger partial charge in [0.1, 0.15) is 12.2 Å². The minimum absolute atomic E-state index is 0.0504. The molecule has 1 heterocycles. The number of nitrogens with zero attached hydrogens (tertiary/aromatic N) is 1. The van der Waals surface area contributed by atoms with Crippen molar-refractivity contribution in [1.82, 2.24) is 15.5 Å². The second-order valence-electron chi connectivity index (χ2n) is 13.8. The number of hydrogen-bond acceptors (Lipinski definition) is 6. The Hall–Kier alpha value is -2.32. The lowest BCUT2D eigenvalue weighted by Gasteiger charge is -2.52. The van der Waals surface area contributed by atoms with Gasteiger partial charge in [0.2, 0.25) is 11.8 Å². The second-order valence-corrected chi connectivity index (χ2v) is 13.8. The van der Waals surface area contributed by atoms with E-state index >= 15 is 0 Å². The molecule has 4 aliphatic carbocycles. The first-order valence-corrected chi connectivity index (χ1v) is 17.0. The summed E-state index contributed by atoms with van der Waals surface area (Å²) >= 11 is 0. The van der Waals surface area contributed by atoms with Gasteiger partial charge in [0.25, 0.3) is 0 Å². The first-order valence-electron chi connectivity index (χ1n) is 17.0. The summed E-state index contributed by atoms with van der Waals surface area (Å²) in [7, 11) is 1.53. The van der Waals surface area contributed by atoms with Gasteiger partial charge < -0.3 is 25.0 Å². The maximum atomic E-state index is 12.6. The van der Waals surface area contributed by atoms with Crippen molar-refractivity contribution in [3.63, 3.8) is 0 Å². The third-order valence-electron chi connectivity index (χ3n) is 11.3. The van der Waals surface area contributed by atoms with Gasteiger partial charge >= 0.3 is 12.1 Å². The number of likely N-dealkylation sites (tertiary alicyclic amines) is 1. The Bertz CT molecular complexity index is 958. The summed E-state index contributed by atoms with van der Waals surface area (Å²) in [6.45, 7) is 1.57. The number of esters is 1. The van der Waals surface area contributed by atoms with E-state index in [9.17, 15) is 19.2 Å². The molecule has 2 N–H and O–H groups in total. The van der Waals surface area contributed by atoms with E-state index in [1.165, 1.54) is 58.4 Å². The van der Waals surface area contributed by atoms with Crippen molar-refractivity contribution >= 4 is 23.9 Å². The van der Waals surface area contributed by atoms with Crippen molar-refractivity contribution in [2.24, 2.45) is 35.5 Å². The summed E-state index contributed by atoms with van der Waals surface area (Å²) in [5.41, 5.74) is 0. The van der Waals surface area contributed by atoms with Crippen molar-refractivity contribution in [3.05, 3.63) is 0 Å². The molecule has 0 aromatic carbocycles. The summed E-state index contributed by atoms with van der Waals surface area (Å²) in [5.74, 6) is 5.03. The van der Waals surface area contributed by atoms with E-state index < -0.39 is 5.97 Å². The molecule has 236 valence electrons. The number of alkyl carbamates (subject to hydrolysis) is 1. The van der Waals surface area contributed by atoms with Gasteiger partial charge in [0, 0.05) is 39.4 Å². The van der Waals surface area contributed by atoms with Gasteiger partial charge in [-0.2, -0.15) is 0 Å². The van der Waals surface area contributed by atoms with Gasteiger partial charge in [-0.1, -0.05) is 19.3 Å². The largest absolute Gasteiger partial charge is 0.460 e. The van der Waals surface area contributed by atoms with Crippen LogP contribution in [0.15, 0.2) is 0 Å². The molecule has 9 heteroatoms. The number of amides is 3. The molecule has 0 bridgehead atoms. The Kier molecular flexibility index (Phi) is 11.0. The highest BCUT2D eigenvalue weighted by atomic mass is 16.6. The predicted octanol–water partition coefficient (Wildman–Crippen LogP) is 4.96. The van der Waals surface area contributed by atoms with Gasteiger partial charge in [-0.05, 0) is 99.7 Å². The van der Waals surface area contributed by atoms with E-state index in [0.717, 1.165) is 67.6 Å². The molecule has 0 radical (unpaired) electrons. The average molecular weight is 588 g/mol. The molecule has 1 aliphatic heterocycles. The van der Waals surface area contributed by atoms with E-state index in [1.54, 1.807) is 4.90 Å². The molecule has 0 aromatic heterocycles. The standard InChI is InChI=1S/C33H53N3O6/c1-34-30(37)15-16-32(39)41-25-17-19-36(21-25)31(38)8-3-2-4-18-35-33(40)42-24-11-14-27-23(20-24)10-13-28-26-7-5-6-22(26)9-12-29(27)28/h22-29H,2-21H2,1H3,(H,34,37)(H,35,40)/t22?,23?,24-,25?,26?,27?,28?,29?/m1/s1. The van der Waals surface area contributed by atoms with E-state index in [2.05, 4.69) is 10.6 Å². The lowest BCUT2D eigenvalue weighted by Crippen LogP contribution is -2.46. The monoisotopic (exact) mass is 587 g/mol. The van der Waals surface area contributed by atoms with Crippen LogP contribution in [0.4, 0.5) is 4.79 Å². The van der Waals surface area contributed by atoms with Gasteiger partial charge in [-0.15, -0.1) is 0 Å². The fourth-order valence-corrected chi connectivity index (χ4v) is 9.29.